The number of ether oxygens (including phenoxy) is 1. The summed E-state index contributed by atoms with van der Waals surface area (Å²) < 4.78 is 5.29. The first-order valence-corrected chi connectivity index (χ1v) is 7.31. The van der Waals surface area contributed by atoms with Crippen LogP contribution < -0.4 is 10.1 Å². The van der Waals surface area contributed by atoms with E-state index in [9.17, 15) is 0 Å². The minimum absolute atomic E-state index is 0.0980. The monoisotopic (exact) mass is 275 g/mol. The van der Waals surface area contributed by atoms with Crippen LogP contribution in [0.3, 0.4) is 0 Å². The predicted octanol–water partition coefficient (Wildman–Crippen LogP) is 2.41. The van der Waals surface area contributed by atoms with Gasteiger partial charge in [0.15, 0.2) is 6.61 Å². The summed E-state index contributed by atoms with van der Waals surface area (Å²) in [5.41, 5.74) is 1.18. The fourth-order valence-corrected chi connectivity index (χ4v) is 2.06. The van der Waals surface area contributed by atoms with Crippen LogP contribution in [0.1, 0.15) is 25.8 Å². The van der Waals surface area contributed by atoms with Crippen molar-refractivity contribution in [1.29, 1.82) is 5.26 Å². The zero-order valence-electron chi connectivity index (χ0n) is 12.6. The first kappa shape index (κ1) is 16.5. The Morgan fingerprint density at radius 1 is 1.30 bits per heavy atom. The van der Waals surface area contributed by atoms with Gasteiger partial charge in [-0.05, 0) is 50.3 Å². The fourth-order valence-electron chi connectivity index (χ4n) is 2.06. The molecule has 0 spiro atoms. The molecule has 1 N–H and O–H groups in total. The lowest BCUT2D eigenvalue weighted by atomic mass is 10.2. The summed E-state index contributed by atoms with van der Waals surface area (Å²) in [5.74, 6) is 0.758. The zero-order valence-corrected chi connectivity index (χ0v) is 12.6. The van der Waals surface area contributed by atoms with Crippen LogP contribution >= 0.6 is 0 Å². The topological polar surface area (TPSA) is 48.3 Å². The van der Waals surface area contributed by atoms with Crippen molar-refractivity contribution >= 4 is 0 Å². The Hall–Kier alpha value is -1.57. The summed E-state index contributed by atoms with van der Waals surface area (Å²) in [6.45, 7) is 9.73. The van der Waals surface area contributed by atoms with Gasteiger partial charge in [-0.1, -0.05) is 26.0 Å². The highest BCUT2D eigenvalue weighted by Gasteiger charge is 1.99. The molecule has 0 atom stereocenters. The Balaban J connectivity index is 2.23. The fraction of sp³-hybridized carbons (Fsp3) is 0.562. The lowest BCUT2D eigenvalue weighted by molar-refractivity contribution is 0.298. The van der Waals surface area contributed by atoms with Gasteiger partial charge in [0.05, 0.1) is 0 Å². The third-order valence-corrected chi connectivity index (χ3v) is 3.25. The average molecular weight is 275 g/mol. The van der Waals surface area contributed by atoms with Crippen molar-refractivity contribution in [3.8, 4) is 11.8 Å². The van der Waals surface area contributed by atoms with Gasteiger partial charge in [-0.2, -0.15) is 5.26 Å². The Morgan fingerprint density at radius 2 is 2.10 bits per heavy atom. The Kier molecular flexibility index (Phi) is 8.44. The second-order valence-corrected chi connectivity index (χ2v) is 4.65. The lowest BCUT2D eigenvalue weighted by Gasteiger charge is -2.17. The molecular formula is C16H25N3O. The van der Waals surface area contributed by atoms with Gasteiger partial charge in [0, 0.05) is 6.54 Å². The van der Waals surface area contributed by atoms with Crippen molar-refractivity contribution < 1.29 is 4.74 Å². The van der Waals surface area contributed by atoms with Crippen molar-refractivity contribution in [2.75, 3.05) is 32.8 Å². The van der Waals surface area contributed by atoms with Crippen LogP contribution in [-0.4, -0.2) is 37.7 Å². The Morgan fingerprint density at radius 3 is 2.80 bits per heavy atom. The molecule has 0 saturated carbocycles. The number of nitrogens with one attached hydrogen (secondary N) is 1. The molecule has 0 heterocycles. The molecule has 4 heteroatoms. The van der Waals surface area contributed by atoms with E-state index >= 15 is 0 Å². The Bertz CT molecular complexity index is 410. The number of hydrogen-bond acceptors (Lipinski definition) is 4. The summed E-state index contributed by atoms with van der Waals surface area (Å²) in [5, 5.41) is 11.9. The van der Waals surface area contributed by atoms with Gasteiger partial charge in [-0.25, -0.2) is 0 Å². The van der Waals surface area contributed by atoms with Gasteiger partial charge in [0.2, 0.25) is 0 Å². The molecule has 0 amide bonds. The molecule has 4 nitrogen and oxygen atoms in total. The van der Waals surface area contributed by atoms with Gasteiger partial charge < -0.3 is 15.0 Å². The summed E-state index contributed by atoms with van der Waals surface area (Å²) in [7, 11) is 0. The molecule has 20 heavy (non-hydrogen) atoms. The molecular weight excluding hydrogens is 250 g/mol. The SMILES string of the molecule is CCN(CC)CCCNCc1cccc(OCC#N)c1. The van der Waals surface area contributed by atoms with Crippen LogP contribution in [0.2, 0.25) is 0 Å². The molecule has 0 aliphatic carbocycles. The predicted molar refractivity (Wildman–Crippen MR) is 81.7 cm³/mol. The van der Waals surface area contributed by atoms with Crippen LogP contribution in [0.4, 0.5) is 0 Å². The standard InChI is InChI=1S/C16H25N3O/c1-3-19(4-2)11-6-10-18-14-15-7-5-8-16(13-15)20-12-9-17/h5,7-8,13,18H,3-4,6,10-12,14H2,1-2H3. The van der Waals surface area contributed by atoms with Crippen molar-refractivity contribution in [1.82, 2.24) is 10.2 Å². The molecule has 1 aromatic rings. The smallest absolute Gasteiger partial charge is 0.174 e. The van der Waals surface area contributed by atoms with Gasteiger partial charge in [0.1, 0.15) is 11.8 Å². The minimum Gasteiger partial charge on any atom is -0.479 e. The molecule has 1 aromatic carbocycles. The Labute approximate surface area is 122 Å². The number of rotatable bonds is 10. The van der Waals surface area contributed by atoms with E-state index in [1.807, 2.05) is 24.3 Å². The van der Waals surface area contributed by atoms with E-state index < -0.39 is 0 Å². The number of nitrogens with zero attached hydrogens (tertiary/aromatic N) is 2. The molecule has 0 fully saturated rings. The third kappa shape index (κ3) is 6.55. The van der Waals surface area contributed by atoms with Gasteiger partial charge in [-0.15, -0.1) is 0 Å². The maximum atomic E-state index is 8.49. The molecule has 0 aromatic heterocycles. The highest BCUT2D eigenvalue weighted by Crippen LogP contribution is 2.12. The van der Waals surface area contributed by atoms with E-state index in [1.165, 1.54) is 5.56 Å². The molecule has 0 aliphatic heterocycles. The number of nitriles is 1. The summed E-state index contributed by atoms with van der Waals surface area (Å²) >= 11 is 0. The lowest BCUT2D eigenvalue weighted by Crippen LogP contribution is -2.27. The van der Waals surface area contributed by atoms with Crippen LogP contribution in [-0.2, 0) is 6.54 Å². The van der Waals surface area contributed by atoms with Crippen molar-refractivity contribution in [3.63, 3.8) is 0 Å². The maximum Gasteiger partial charge on any atom is 0.174 e. The van der Waals surface area contributed by atoms with Gasteiger partial charge in [0.25, 0.3) is 0 Å². The number of hydrogen-bond donors (Lipinski definition) is 1. The van der Waals surface area contributed by atoms with E-state index in [-0.39, 0.29) is 6.61 Å². The van der Waals surface area contributed by atoms with E-state index in [4.69, 9.17) is 10.00 Å². The van der Waals surface area contributed by atoms with Crippen LogP contribution in [0.25, 0.3) is 0 Å². The second-order valence-electron chi connectivity index (χ2n) is 4.65. The summed E-state index contributed by atoms with van der Waals surface area (Å²) in [6.07, 6.45) is 1.16. The molecule has 0 saturated heterocycles. The highest BCUT2D eigenvalue weighted by molar-refractivity contribution is 5.28. The van der Waals surface area contributed by atoms with E-state index in [0.29, 0.717) is 0 Å². The molecule has 110 valence electrons. The maximum absolute atomic E-state index is 8.49. The molecule has 0 radical (unpaired) electrons. The van der Waals surface area contributed by atoms with E-state index in [1.54, 1.807) is 0 Å². The second kappa shape index (κ2) is 10.2. The summed E-state index contributed by atoms with van der Waals surface area (Å²) in [4.78, 5) is 2.43. The first-order valence-electron chi connectivity index (χ1n) is 7.31. The normalized spacial score (nSPS) is 10.5. The zero-order chi connectivity index (χ0) is 14.6. The van der Waals surface area contributed by atoms with Crippen LogP contribution in [0.5, 0.6) is 5.75 Å². The molecule has 0 unspecified atom stereocenters. The van der Waals surface area contributed by atoms with E-state index in [0.717, 1.165) is 44.9 Å². The van der Waals surface area contributed by atoms with Crippen molar-refractivity contribution in [3.05, 3.63) is 29.8 Å². The average Bonchev–Trinajstić information content (AvgIpc) is 2.49. The van der Waals surface area contributed by atoms with Gasteiger partial charge >= 0.3 is 0 Å². The minimum atomic E-state index is 0.0980. The van der Waals surface area contributed by atoms with Crippen molar-refractivity contribution in [2.24, 2.45) is 0 Å². The third-order valence-electron chi connectivity index (χ3n) is 3.25. The molecule has 0 bridgehead atoms. The van der Waals surface area contributed by atoms with Gasteiger partial charge in [-0.3, -0.25) is 0 Å². The van der Waals surface area contributed by atoms with E-state index in [2.05, 4.69) is 30.1 Å². The quantitative estimate of drug-likeness (QED) is 0.666. The number of benzene rings is 1. The van der Waals surface area contributed by atoms with Crippen LogP contribution in [0.15, 0.2) is 24.3 Å². The molecule has 0 aliphatic rings. The summed E-state index contributed by atoms with van der Waals surface area (Å²) in [6, 6.07) is 9.86. The molecule has 1 rings (SSSR count). The highest BCUT2D eigenvalue weighted by atomic mass is 16.5. The first-order chi connectivity index (χ1) is 9.80. The van der Waals surface area contributed by atoms with Crippen LogP contribution in [0, 0.1) is 11.3 Å². The largest absolute Gasteiger partial charge is 0.479 e. The van der Waals surface area contributed by atoms with Crippen molar-refractivity contribution in [2.45, 2.75) is 26.8 Å².